The van der Waals surface area contributed by atoms with Gasteiger partial charge in [0, 0.05) is 24.7 Å². The molecule has 2 aromatic carbocycles. The molecule has 28 heavy (non-hydrogen) atoms. The van der Waals surface area contributed by atoms with Gasteiger partial charge in [0.05, 0.1) is 5.75 Å². The number of hydrogen-bond donors (Lipinski definition) is 1. The maximum atomic E-state index is 12.7. The van der Waals surface area contributed by atoms with Gasteiger partial charge >= 0.3 is 0 Å². The molecule has 2 aromatic rings. The average molecular weight is 401 g/mol. The lowest BCUT2D eigenvalue weighted by Crippen LogP contribution is -2.41. The van der Waals surface area contributed by atoms with Crippen LogP contribution in [0.3, 0.4) is 0 Å². The van der Waals surface area contributed by atoms with E-state index >= 15 is 0 Å². The Morgan fingerprint density at radius 3 is 2.25 bits per heavy atom. The zero-order valence-electron chi connectivity index (χ0n) is 16.7. The smallest absolute Gasteiger partial charge is 0.227 e. The second kappa shape index (κ2) is 8.45. The molecule has 0 bridgehead atoms. The summed E-state index contributed by atoms with van der Waals surface area (Å²) in [5.41, 5.74) is 4.85. The molecule has 150 valence electrons. The Morgan fingerprint density at radius 1 is 1.00 bits per heavy atom. The van der Waals surface area contributed by atoms with E-state index in [1.54, 1.807) is 0 Å². The third-order valence-corrected chi connectivity index (χ3v) is 7.19. The first-order valence-corrected chi connectivity index (χ1v) is 11.3. The van der Waals surface area contributed by atoms with Gasteiger partial charge in [0.1, 0.15) is 0 Å². The summed E-state index contributed by atoms with van der Waals surface area (Å²) in [6.07, 6.45) is 1.09. The Bertz CT molecular complexity index is 944. The summed E-state index contributed by atoms with van der Waals surface area (Å²) >= 11 is 0. The Balaban J connectivity index is 1.58. The van der Waals surface area contributed by atoms with E-state index in [1.165, 1.54) is 4.31 Å². The predicted octanol–water partition coefficient (Wildman–Crippen LogP) is 3.79. The van der Waals surface area contributed by atoms with Crippen LogP contribution in [0.25, 0.3) is 0 Å². The first-order valence-electron chi connectivity index (χ1n) is 9.66. The molecule has 0 saturated carbocycles. The van der Waals surface area contributed by atoms with Crippen molar-refractivity contribution in [3.63, 3.8) is 0 Å². The van der Waals surface area contributed by atoms with Gasteiger partial charge in [-0.2, -0.15) is 0 Å². The quantitative estimate of drug-likeness (QED) is 0.830. The summed E-state index contributed by atoms with van der Waals surface area (Å²) in [6, 6.07) is 13.5. The number of carbonyl (C=O) groups is 1. The minimum absolute atomic E-state index is 0.00658. The number of rotatable bonds is 5. The van der Waals surface area contributed by atoms with Crippen LogP contribution in [-0.2, 0) is 20.6 Å². The van der Waals surface area contributed by atoms with Crippen LogP contribution in [0.1, 0.15) is 35.1 Å². The molecule has 0 spiro atoms. The van der Waals surface area contributed by atoms with Crippen molar-refractivity contribution in [3.05, 3.63) is 64.7 Å². The molecule has 0 aromatic heterocycles. The van der Waals surface area contributed by atoms with Gasteiger partial charge in [-0.25, -0.2) is 12.7 Å². The van der Waals surface area contributed by atoms with Crippen molar-refractivity contribution in [1.29, 1.82) is 0 Å². The van der Waals surface area contributed by atoms with E-state index in [0.717, 1.165) is 27.9 Å². The van der Waals surface area contributed by atoms with E-state index in [4.69, 9.17) is 0 Å². The van der Waals surface area contributed by atoms with Crippen molar-refractivity contribution in [1.82, 2.24) is 4.31 Å². The van der Waals surface area contributed by atoms with Crippen molar-refractivity contribution in [2.45, 2.75) is 39.4 Å². The number of aryl methyl sites for hydroxylation is 3. The summed E-state index contributed by atoms with van der Waals surface area (Å²) in [4.78, 5) is 12.6. The van der Waals surface area contributed by atoms with Crippen LogP contribution in [0.2, 0.25) is 0 Å². The molecule has 1 saturated heterocycles. The number of amides is 1. The highest BCUT2D eigenvalue weighted by molar-refractivity contribution is 7.88. The molecule has 1 fully saturated rings. The van der Waals surface area contributed by atoms with Gasteiger partial charge in [0.25, 0.3) is 0 Å². The van der Waals surface area contributed by atoms with Crippen molar-refractivity contribution in [2.75, 3.05) is 18.4 Å². The van der Waals surface area contributed by atoms with E-state index in [2.05, 4.69) is 5.32 Å². The molecule has 0 atom stereocenters. The van der Waals surface area contributed by atoms with Gasteiger partial charge in [-0.05, 0) is 56.4 Å². The molecule has 1 aliphatic rings. The number of hydrogen-bond acceptors (Lipinski definition) is 3. The van der Waals surface area contributed by atoms with Crippen LogP contribution >= 0.6 is 0 Å². The number of anilines is 1. The Labute approximate surface area is 167 Å². The zero-order chi connectivity index (χ0) is 20.3. The molecule has 1 N–H and O–H groups in total. The van der Waals surface area contributed by atoms with Gasteiger partial charge in [-0.1, -0.05) is 42.0 Å². The van der Waals surface area contributed by atoms with Gasteiger partial charge in [-0.15, -0.1) is 0 Å². The van der Waals surface area contributed by atoms with Crippen LogP contribution in [0.4, 0.5) is 5.69 Å². The standard InChI is InChI=1S/C22H28N2O3S/c1-16-5-8-19(9-6-16)15-28(26,27)24-12-10-20(11-13-24)22(25)23-21-14-17(2)4-7-18(21)3/h4-9,14,20H,10-13,15H2,1-3H3,(H,23,25). The molecule has 0 aliphatic carbocycles. The lowest BCUT2D eigenvalue weighted by Gasteiger charge is -2.30. The minimum atomic E-state index is -3.37. The molecule has 1 aliphatic heterocycles. The maximum Gasteiger partial charge on any atom is 0.227 e. The summed E-state index contributed by atoms with van der Waals surface area (Å²) in [5, 5.41) is 3.01. The summed E-state index contributed by atoms with van der Waals surface area (Å²) in [5.74, 6) is -0.179. The molecule has 1 amide bonds. The lowest BCUT2D eigenvalue weighted by atomic mass is 9.97. The van der Waals surface area contributed by atoms with Gasteiger partial charge in [-0.3, -0.25) is 4.79 Å². The van der Waals surface area contributed by atoms with Gasteiger partial charge in [0.2, 0.25) is 15.9 Å². The highest BCUT2D eigenvalue weighted by Gasteiger charge is 2.31. The van der Waals surface area contributed by atoms with Crippen LogP contribution in [0.15, 0.2) is 42.5 Å². The molecule has 6 heteroatoms. The number of nitrogens with zero attached hydrogens (tertiary/aromatic N) is 1. The van der Waals surface area contributed by atoms with Crippen molar-refractivity contribution in [3.8, 4) is 0 Å². The number of sulfonamides is 1. The monoisotopic (exact) mass is 400 g/mol. The molecule has 3 rings (SSSR count). The summed E-state index contributed by atoms with van der Waals surface area (Å²) < 4.78 is 27.0. The zero-order valence-corrected chi connectivity index (χ0v) is 17.6. The second-order valence-corrected chi connectivity index (χ2v) is 9.69. The average Bonchev–Trinajstić information content (AvgIpc) is 2.66. The van der Waals surface area contributed by atoms with Crippen LogP contribution in [0.5, 0.6) is 0 Å². The molecule has 1 heterocycles. The highest BCUT2D eigenvalue weighted by atomic mass is 32.2. The van der Waals surface area contributed by atoms with Gasteiger partial charge in [0.15, 0.2) is 0 Å². The van der Waals surface area contributed by atoms with Crippen LogP contribution in [-0.4, -0.2) is 31.7 Å². The third kappa shape index (κ3) is 5.00. The lowest BCUT2D eigenvalue weighted by molar-refractivity contribution is -0.120. The first kappa shape index (κ1) is 20.6. The van der Waals surface area contributed by atoms with Crippen LogP contribution in [0, 0.1) is 26.7 Å². The molecular formula is C22H28N2O3S. The van der Waals surface area contributed by atoms with E-state index < -0.39 is 10.0 Å². The van der Waals surface area contributed by atoms with Gasteiger partial charge < -0.3 is 5.32 Å². The number of piperidine rings is 1. The Kier molecular flexibility index (Phi) is 6.20. The highest BCUT2D eigenvalue weighted by Crippen LogP contribution is 2.24. The summed E-state index contributed by atoms with van der Waals surface area (Å²) in [6.45, 7) is 6.71. The second-order valence-electron chi connectivity index (χ2n) is 7.72. The number of carbonyl (C=O) groups excluding carboxylic acids is 1. The fourth-order valence-electron chi connectivity index (χ4n) is 3.49. The largest absolute Gasteiger partial charge is 0.326 e. The number of nitrogens with one attached hydrogen (secondary N) is 1. The molecule has 0 radical (unpaired) electrons. The fourth-order valence-corrected chi connectivity index (χ4v) is 5.05. The van der Waals surface area contributed by atoms with E-state index in [-0.39, 0.29) is 17.6 Å². The third-order valence-electron chi connectivity index (χ3n) is 5.34. The molecule has 5 nitrogen and oxygen atoms in total. The minimum Gasteiger partial charge on any atom is -0.326 e. The van der Waals surface area contributed by atoms with Crippen molar-refractivity contribution >= 4 is 21.6 Å². The van der Waals surface area contributed by atoms with Crippen molar-refractivity contribution in [2.24, 2.45) is 5.92 Å². The number of benzene rings is 2. The maximum absolute atomic E-state index is 12.7. The molecule has 0 unspecified atom stereocenters. The summed E-state index contributed by atoms with van der Waals surface area (Å²) in [7, 11) is -3.37. The first-order chi connectivity index (χ1) is 13.2. The van der Waals surface area contributed by atoms with Crippen LogP contribution < -0.4 is 5.32 Å². The van der Waals surface area contributed by atoms with E-state index in [1.807, 2.05) is 63.2 Å². The van der Waals surface area contributed by atoms with Crippen molar-refractivity contribution < 1.29 is 13.2 Å². The fraction of sp³-hybridized carbons (Fsp3) is 0.409. The SMILES string of the molecule is Cc1ccc(CS(=O)(=O)N2CCC(C(=O)Nc3cc(C)ccc3C)CC2)cc1. The van der Waals surface area contributed by atoms with E-state index in [0.29, 0.717) is 25.9 Å². The Hall–Kier alpha value is -2.18. The topological polar surface area (TPSA) is 66.5 Å². The predicted molar refractivity (Wildman–Crippen MR) is 113 cm³/mol. The normalized spacial score (nSPS) is 16.1. The Morgan fingerprint density at radius 2 is 1.61 bits per heavy atom. The molecular weight excluding hydrogens is 372 g/mol. The van der Waals surface area contributed by atoms with E-state index in [9.17, 15) is 13.2 Å².